The fourth-order valence-electron chi connectivity index (χ4n) is 1.51. The van der Waals surface area contributed by atoms with Crippen molar-refractivity contribution < 1.29 is 9.90 Å². The summed E-state index contributed by atoms with van der Waals surface area (Å²) in [5.41, 5.74) is 9.06. The first-order chi connectivity index (χ1) is 7.18. The molecule has 1 fully saturated rings. The predicted molar refractivity (Wildman–Crippen MR) is 57.7 cm³/mol. The molecule has 4 N–H and O–H groups in total. The zero-order chi connectivity index (χ0) is 10.8. The van der Waals surface area contributed by atoms with Gasteiger partial charge in [0.1, 0.15) is 6.04 Å². The van der Waals surface area contributed by atoms with Crippen molar-refractivity contribution in [2.24, 2.45) is 0 Å². The summed E-state index contributed by atoms with van der Waals surface area (Å²) in [7, 11) is 0. The summed E-state index contributed by atoms with van der Waals surface area (Å²) < 4.78 is 0.969. The van der Waals surface area contributed by atoms with Gasteiger partial charge >= 0.3 is 5.97 Å². The maximum absolute atomic E-state index is 10.9. The van der Waals surface area contributed by atoms with Gasteiger partial charge in [-0.15, -0.1) is 0 Å². The van der Waals surface area contributed by atoms with E-state index in [0.717, 1.165) is 10.0 Å². The molecule has 0 spiro atoms. The maximum Gasteiger partial charge on any atom is 0.324 e. The highest BCUT2D eigenvalue weighted by molar-refractivity contribution is 9.10. The second kappa shape index (κ2) is 4.28. The second-order valence-electron chi connectivity index (χ2n) is 3.26. The molecule has 0 aliphatic carbocycles. The maximum atomic E-state index is 10.9. The Morgan fingerprint density at radius 2 is 1.93 bits per heavy atom. The number of hydrazine groups is 2. The van der Waals surface area contributed by atoms with Gasteiger partial charge in [0.05, 0.1) is 6.04 Å². The molecule has 15 heavy (non-hydrogen) atoms. The molecule has 0 aromatic heterocycles. The van der Waals surface area contributed by atoms with Crippen LogP contribution in [-0.2, 0) is 4.79 Å². The first-order valence-corrected chi connectivity index (χ1v) is 5.22. The quantitative estimate of drug-likeness (QED) is 0.633. The van der Waals surface area contributed by atoms with Crippen LogP contribution in [0, 0.1) is 0 Å². The molecule has 0 radical (unpaired) electrons. The highest BCUT2D eigenvalue weighted by Gasteiger charge is 2.33. The molecule has 5 nitrogen and oxygen atoms in total. The van der Waals surface area contributed by atoms with Crippen molar-refractivity contribution in [2.45, 2.75) is 12.1 Å². The number of carbonyl (C=O) groups is 1. The van der Waals surface area contributed by atoms with E-state index >= 15 is 0 Å². The van der Waals surface area contributed by atoms with E-state index in [1.807, 2.05) is 24.3 Å². The molecule has 2 unspecified atom stereocenters. The SMILES string of the molecule is O=C(O)C1NNNC1c1ccc(Br)cc1. The van der Waals surface area contributed by atoms with E-state index in [0.29, 0.717) is 0 Å². The van der Waals surface area contributed by atoms with Crippen molar-refractivity contribution in [3.05, 3.63) is 34.3 Å². The van der Waals surface area contributed by atoms with Gasteiger partial charge in [0.2, 0.25) is 0 Å². The van der Waals surface area contributed by atoms with Crippen LogP contribution in [0.15, 0.2) is 28.7 Å². The number of carboxylic acids is 1. The highest BCUT2D eigenvalue weighted by Crippen LogP contribution is 2.21. The Kier molecular flexibility index (Phi) is 3.01. The van der Waals surface area contributed by atoms with Crippen LogP contribution in [0.3, 0.4) is 0 Å². The van der Waals surface area contributed by atoms with E-state index in [1.54, 1.807) is 0 Å². The van der Waals surface area contributed by atoms with Crippen LogP contribution >= 0.6 is 15.9 Å². The van der Waals surface area contributed by atoms with Crippen LogP contribution in [0.2, 0.25) is 0 Å². The molecule has 1 saturated heterocycles. The third-order valence-electron chi connectivity index (χ3n) is 2.28. The van der Waals surface area contributed by atoms with Crippen molar-refractivity contribution in [1.82, 2.24) is 16.4 Å². The Balaban J connectivity index is 2.22. The zero-order valence-corrected chi connectivity index (χ0v) is 9.28. The van der Waals surface area contributed by atoms with Gasteiger partial charge in [-0.2, -0.15) is 5.53 Å². The largest absolute Gasteiger partial charge is 0.480 e. The molecule has 80 valence electrons. The molecule has 0 bridgehead atoms. The Bertz CT molecular complexity index is 368. The van der Waals surface area contributed by atoms with Crippen LogP contribution in [0.1, 0.15) is 11.6 Å². The number of halogens is 1. The van der Waals surface area contributed by atoms with E-state index in [1.165, 1.54) is 0 Å². The third-order valence-corrected chi connectivity index (χ3v) is 2.81. The van der Waals surface area contributed by atoms with Crippen molar-refractivity contribution in [3.63, 3.8) is 0 Å². The van der Waals surface area contributed by atoms with Gasteiger partial charge in [0, 0.05) is 4.47 Å². The van der Waals surface area contributed by atoms with Crippen LogP contribution < -0.4 is 16.4 Å². The summed E-state index contributed by atoms with van der Waals surface area (Å²) in [5, 5.41) is 8.95. The third kappa shape index (κ3) is 2.18. The van der Waals surface area contributed by atoms with Gasteiger partial charge in [-0.25, -0.2) is 10.9 Å². The molecule has 1 aliphatic rings. The van der Waals surface area contributed by atoms with Gasteiger partial charge in [-0.3, -0.25) is 4.79 Å². The lowest BCUT2D eigenvalue weighted by Crippen LogP contribution is -2.38. The smallest absolute Gasteiger partial charge is 0.324 e. The summed E-state index contributed by atoms with van der Waals surface area (Å²) in [4.78, 5) is 10.9. The summed E-state index contributed by atoms with van der Waals surface area (Å²) in [6.45, 7) is 0. The monoisotopic (exact) mass is 271 g/mol. The van der Waals surface area contributed by atoms with Gasteiger partial charge in [0.25, 0.3) is 0 Å². The number of hydrogen-bond donors (Lipinski definition) is 4. The summed E-state index contributed by atoms with van der Waals surface area (Å²) >= 11 is 3.33. The lowest BCUT2D eigenvalue weighted by atomic mass is 10.0. The van der Waals surface area contributed by atoms with Crippen LogP contribution in [0.4, 0.5) is 0 Å². The molecular formula is C9H10BrN3O2. The van der Waals surface area contributed by atoms with Crippen LogP contribution in [-0.4, -0.2) is 17.1 Å². The molecule has 1 heterocycles. The van der Waals surface area contributed by atoms with Crippen LogP contribution in [0.5, 0.6) is 0 Å². The van der Waals surface area contributed by atoms with Gasteiger partial charge in [-0.05, 0) is 17.7 Å². The average molecular weight is 272 g/mol. The van der Waals surface area contributed by atoms with Gasteiger partial charge in [-0.1, -0.05) is 28.1 Å². The Morgan fingerprint density at radius 3 is 2.53 bits per heavy atom. The fraction of sp³-hybridized carbons (Fsp3) is 0.222. The zero-order valence-electron chi connectivity index (χ0n) is 7.70. The number of rotatable bonds is 2. The molecule has 2 rings (SSSR count). The second-order valence-corrected chi connectivity index (χ2v) is 4.17. The molecule has 1 aromatic carbocycles. The van der Waals surface area contributed by atoms with Gasteiger partial charge in [0.15, 0.2) is 0 Å². The molecule has 6 heteroatoms. The summed E-state index contributed by atoms with van der Waals surface area (Å²) in [5.74, 6) is -0.889. The number of benzene rings is 1. The number of hydrogen-bond acceptors (Lipinski definition) is 4. The number of nitrogens with one attached hydrogen (secondary N) is 3. The number of carboxylic acid groups (broad SMARTS) is 1. The van der Waals surface area contributed by atoms with E-state index in [4.69, 9.17) is 5.11 Å². The van der Waals surface area contributed by atoms with E-state index in [9.17, 15) is 4.79 Å². The lowest BCUT2D eigenvalue weighted by Gasteiger charge is -2.14. The Morgan fingerprint density at radius 1 is 1.27 bits per heavy atom. The highest BCUT2D eigenvalue weighted by atomic mass is 79.9. The van der Waals surface area contributed by atoms with Crippen molar-refractivity contribution in [2.75, 3.05) is 0 Å². The van der Waals surface area contributed by atoms with E-state index in [-0.39, 0.29) is 6.04 Å². The first-order valence-electron chi connectivity index (χ1n) is 4.43. The minimum atomic E-state index is -0.889. The minimum Gasteiger partial charge on any atom is -0.480 e. The molecule has 2 atom stereocenters. The number of aliphatic carboxylic acids is 1. The molecule has 1 aromatic rings. The first kappa shape index (κ1) is 10.6. The standard InChI is InChI=1S/C9H10BrN3O2/c10-6-3-1-5(2-4-6)7-8(9(14)15)12-13-11-7/h1-4,7-8,11-13H,(H,14,15). The molecule has 0 amide bonds. The molecular weight excluding hydrogens is 262 g/mol. The topological polar surface area (TPSA) is 73.4 Å². The van der Waals surface area contributed by atoms with E-state index < -0.39 is 12.0 Å². The normalized spacial score (nSPS) is 25.4. The molecule has 0 saturated carbocycles. The molecule has 1 aliphatic heterocycles. The summed E-state index contributed by atoms with van der Waals surface area (Å²) in [6, 6.07) is 6.60. The summed E-state index contributed by atoms with van der Waals surface area (Å²) in [6.07, 6.45) is 0. The average Bonchev–Trinajstić information content (AvgIpc) is 2.67. The van der Waals surface area contributed by atoms with Crippen LogP contribution in [0.25, 0.3) is 0 Å². The van der Waals surface area contributed by atoms with Crippen molar-refractivity contribution in [1.29, 1.82) is 0 Å². The minimum absolute atomic E-state index is 0.268. The lowest BCUT2D eigenvalue weighted by molar-refractivity contribution is -0.139. The van der Waals surface area contributed by atoms with Gasteiger partial charge < -0.3 is 5.11 Å². The van der Waals surface area contributed by atoms with E-state index in [2.05, 4.69) is 32.3 Å². The van der Waals surface area contributed by atoms with Crippen molar-refractivity contribution >= 4 is 21.9 Å². The predicted octanol–water partition coefficient (Wildman–Crippen LogP) is 0.556. The fourth-order valence-corrected chi connectivity index (χ4v) is 1.78. The Labute approximate surface area is 94.9 Å². The van der Waals surface area contributed by atoms with Crippen molar-refractivity contribution in [3.8, 4) is 0 Å². The Hall–Kier alpha value is -0.950.